The molecule has 0 radical (unpaired) electrons. The molecule has 0 aliphatic rings. The lowest BCUT2D eigenvalue weighted by Gasteiger charge is -2.10. The predicted octanol–water partition coefficient (Wildman–Crippen LogP) is 2.39. The highest BCUT2D eigenvalue weighted by Crippen LogP contribution is 2.20. The van der Waals surface area contributed by atoms with E-state index in [9.17, 15) is 9.18 Å². The Morgan fingerprint density at radius 3 is 2.81 bits per heavy atom. The lowest BCUT2D eigenvalue weighted by molar-refractivity contribution is 0.0951. The molecule has 4 nitrogen and oxygen atoms in total. The maximum Gasteiger partial charge on any atom is 0.255 e. The van der Waals surface area contributed by atoms with E-state index in [0.717, 1.165) is 5.56 Å². The van der Waals surface area contributed by atoms with Crippen molar-refractivity contribution < 1.29 is 13.9 Å². The lowest BCUT2D eigenvalue weighted by atomic mass is 10.1. The Balaban J connectivity index is 1.97. The Morgan fingerprint density at radius 2 is 2.10 bits per heavy atom. The van der Waals surface area contributed by atoms with Crippen LogP contribution in [-0.2, 0) is 6.42 Å². The van der Waals surface area contributed by atoms with Gasteiger partial charge in [-0.1, -0.05) is 12.1 Å². The smallest absolute Gasteiger partial charge is 0.255 e. The molecule has 110 valence electrons. The number of halogens is 1. The third-order valence-corrected chi connectivity index (χ3v) is 3.06. The predicted molar refractivity (Wildman–Crippen MR) is 79.8 cm³/mol. The first-order chi connectivity index (χ1) is 10.1. The molecule has 3 N–H and O–H groups in total. The molecule has 2 rings (SSSR count). The molecule has 2 aromatic carbocycles. The summed E-state index contributed by atoms with van der Waals surface area (Å²) in [5.41, 5.74) is 7.39. The van der Waals surface area contributed by atoms with Crippen molar-refractivity contribution in [3.63, 3.8) is 0 Å². The van der Waals surface area contributed by atoms with Gasteiger partial charge in [-0.15, -0.1) is 0 Å². The summed E-state index contributed by atoms with van der Waals surface area (Å²) in [4.78, 5) is 12.1. The standard InChI is InChI=1S/C16H17FN2O2/c1-21-15-6-5-13(18)10-14(15)16(20)19-8-7-11-3-2-4-12(17)9-11/h2-6,9-10H,7-8,18H2,1H3,(H,19,20). The molecule has 0 unspecified atom stereocenters. The fraction of sp³-hybridized carbons (Fsp3) is 0.188. The van der Waals surface area contributed by atoms with Crippen LogP contribution in [-0.4, -0.2) is 19.6 Å². The van der Waals surface area contributed by atoms with Crippen molar-refractivity contribution in [2.45, 2.75) is 6.42 Å². The van der Waals surface area contributed by atoms with Crippen LogP contribution < -0.4 is 15.8 Å². The van der Waals surface area contributed by atoms with Crippen molar-refractivity contribution in [2.75, 3.05) is 19.4 Å². The number of hydrogen-bond acceptors (Lipinski definition) is 3. The molecule has 0 spiro atoms. The van der Waals surface area contributed by atoms with E-state index in [4.69, 9.17) is 10.5 Å². The van der Waals surface area contributed by atoms with Gasteiger partial charge in [-0.3, -0.25) is 4.79 Å². The van der Waals surface area contributed by atoms with E-state index >= 15 is 0 Å². The van der Waals surface area contributed by atoms with E-state index in [1.807, 2.05) is 6.07 Å². The van der Waals surface area contributed by atoms with E-state index in [1.54, 1.807) is 24.3 Å². The van der Waals surface area contributed by atoms with E-state index in [2.05, 4.69) is 5.32 Å². The monoisotopic (exact) mass is 288 g/mol. The highest BCUT2D eigenvalue weighted by molar-refractivity contribution is 5.97. The summed E-state index contributed by atoms with van der Waals surface area (Å²) in [5.74, 6) is -0.0839. The maximum absolute atomic E-state index is 13.0. The molecule has 0 saturated heterocycles. The number of hydrogen-bond donors (Lipinski definition) is 2. The maximum atomic E-state index is 13.0. The zero-order valence-electron chi connectivity index (χ0n) is 11.7. The second-order valence-corrected chi connectivity index (χ2v) is 4.60. The Hall–Kier alpha value is -2.56. The van der Waals surface area contributed by atoms with Gasteiger partial charge in [-0.05, 0) is 42.3 Å². The van der Waals surface area contributed by atoms with Gasteiger partial charge in [0.15, 0.2) is 0 Å². The van der Waals surface area contributed by atoms with Crippen LogP contribution in [0.15, 0.2) is 42.5 Å². The summed E-state index contributed by atoms with van der Waals surface area (Å²) < 4.78 is 18.2. The molecule has 0 aliphatic carbocycles. The van der Waals surface area contributed by atoms with E-state index < -0.39 is 0 Å². The SMILES string of the molecule is COc1ccc(N)cc1C(=O)NCCc1cccc(F)c1. The fourth-order valence-corrected chi connectivity index (χ4v) is 2.01. The molecule has 0 aromatic heterocycles. The van der Waals surface area contributed by atoms with Gasteiger partial charge in [0.25, 0.3) is 5.91 Å². The van der Waals surface area contributed by atoms with Crippen LogP contribution in [0.4, 0.5) is 10.1 Å². The molecule has 1 amide bonds. The second-order valence-electron chi connectivity index (χ2n) is 4.60. The molecule has 0 atom stereocenters. The molecule has 2 aromatic rings. The quantitative estimate of drug-likeness (QED) is 0.830. The zero-order chi connectivity index (χ0) is 15.2. The molecular weight excluding hydrogens is 271 g/mol. The third kappa shape index (κ3) is 3.95. The topological polar surface area (TPSA) is 64.3 Å². The van der Waals surface area contributed by atoms with Gasteiger partial charge < -0.3 is 15.8 Å². The summed E-state index contributed by atoms with van der Waals surface area (Å²) >= 11 is 0. The molecule has 5 heteroatoms. The van der Waals surface area contributed by atoms with Crippen molar-refractivity contribution in [3.05, 3.63) is 59.4 Å². The van der Waals surface area contributed by atoms with Crippen LogP contribution in [0.25, 0.3) is 0 Å². The summed E-state index contributed by atoms with van der Waals surface area (Å²) in [6.07, 6.45) is 0.550. The molecule has 0 aliphatic heterocycles. The zero-order valence-corrected chi connectivity index (χ0v) is 11.7. The van der Waals surface area contributed by atoms with E-state index in [1.165, 1.54) is 19.2 Å². The Bertz CT molecular complexity index is 644. The number of benzene rings is 2. The largest absolute Gasteiger partial charge is 0.496 e. The van der Waals surface area contributed by atoms with Gasteiger partial charge in [-0.2, -0.15) is 0 Å². The Kier molecular flexibility index (Phi) is 4.77. The van der Waals surface area contributed by atoms with Crippen LogP contribution in [0.5, 0.6) is 5.75 Å². The normalized spacial score (nSPS) is 10.2. The van der Waals surface area contributed by atoms with Gasteiger partial charge in [-0.25, -0.2) is 4.39 Å². The molecule has 21 heavy (non-hydrogen) atoms. The summed E-state index contributed by atoms with van der Waals surface area (Å²) in [7, 11) is 1.50. The first kappa shape index (κ1) is 14.8. The van der Waals surface area contributed by atoms with Crippen LogP contribution in [0.2, 0.25) is 0 Å². The van der Waals surface area contributed by atoms with Crippen LogP contribution in [0, 0.1) is 5.82 Å². The number of carbonyl (C=O) groups is 1. The molecule has 0 heterocycles. The van der Waals surface area contributed by atoms with Gasteiger partial charge in [0, 0.05) is 12.2 Å². The average Bonchev–Trinajstić information content (AvgIpc) is 2.47. The average molecular weight is 288 g/mol. The van der Waals surface area contributed by atoms with Gasteiger partial charge in [0.05, 0.1) is 12.7 Å². The number of nitrogens with two attached hydrogens (primary N) is 1. The minimum absolute atomic E-state index is 0.268. The third-order valence-electron chi connectivity index (χ3n) is 3.06. The number of nitrogen functional groups attached to an aromatic ring is 1. The van der Waals surface area contributed by atoms with Crippen molar-refractivity contribution in [1.29, 1.82) is 0 Å². The number of methoxy groups -OCH3 is 1. The van der Waals surface area contributed by atoms with Gasteiger partial charge in [0.2, 0.25) is 0 Å². The number of carbonyl (C=O) groups excluding carboxylic acids is 1. The van der Waals surface area contributed by atoms with Gasteiger partial charge >= 0.3 is 0 Å². The second kappa shape index (κ2) is 6.74. The Morgan fingerprint density at radius 1 is 1.29 bits per heavy atom. The molecular formula is C16H17FN2O2. The molecule has 0 bridgehead atoms. The number of anilines is 1. The van der Waals surface area contributed by atoms with Crippen LogP contribution in [0.1, 0.15) is 15.9 Å². The first-order valence-corrected chi connectivity index (χ1v) is 6.56. The van der Waals surface area contributed by atoms with Crippen LogP contribution >= 0.6 is 0 Å². The molecule has 0 saturated carbocycles. The lowest BCUT2D eigenvalue weighted by Crippen LogP contribution is -2.26. The fourth-order valence-electron chi connectivity index (χ4n) is 2.01. The van der Waals surface area contributed by atoms with E-state index in [0.29, 0.717) is 30.0 Å². The number of amides is 1. The van der Waals surface area contributed by atoms with Crippen molar-refractivity contribution >= 4 is 11.6 Å². The molecule has 0 fully saturated rings. The number of nitrogens with one attached hydrogen (secondary N) is 1. The van der Waals surface area contributed by atoms with Crippen LogP contribution in [0.3, 0.4) is 0 Å². The summed E-state index contributed by atoms with van der Waals surface area (Å²) in [6.45, 7) is 0.403. The van der Waals surface area contributed by atoms with E-state index in [-0.39, 0.29) is 11.7 Å². The highest BCUT2D eigenvalue weighted by atomic mass is 19.1. The van der Waals surface area contributed by atoms with Gasteiger partial charge in [0.1, 0.15) is 11.6 Å². The minimum Gasteiger partial charge on any atom is -0.496 e. The van der Waals surface area contributed by atoms with Crippen molar-refractivity contribution in [1.82, 2.24) is 5.32 Å². The highest BCUT2D eigenvalue weighted by Gasteiger charge is 2.12. The Labute approximate surface area is 122 Å². The first-order valence-electron chi connectivity index (χ1n) is 6.56. The minimum atomic E-state index is -0.281. The van der Waals surface area contributed by atoms with Crippen molar-refractivity contribution in [3.8, 4) is 5.75 Å². The van der Waals surface area contributed by atoms with Crippen molar-refractivity contribution in [2.24, 2.45) is 0 Å². The summed E-state index contributed by atoms with van der Waals surface area (Å²) in [5, 5.41) is 2.77. The number of ether oxygens (including phenoxy) is 1. The number of rotatable bonds is 5. The summed E-state index contributed by atoms with van der Waals surface area (Å²) in [6, 6.07) is 11.2.